The maximum atomic E-state index is 12.4. The summed E-state index contributed by atoms with van der Waals surface area (Å²) in [5.41, 5.74) is 4.64. The van der Waals surface area contributed by atoms with Gasteiger partial charge in [0.05, 0.1) is 13.5 Å². The van der Waals surface area contributed by atoms with Crippen molar-refractivity contribution in [1.29, 1.82) is 0 Å². The first-order valence-corrected chi connectivity index (χ1v) is 10.2. The number of benzene rings is 3. The largest absolute Gasteiger partial charge is 0.496 e. The van der Waals surface area contributed by atoms with Gasteiger partial charge in [-0.25, -0.2) is 0 Å². The van der Waals surface area contributed by atoms with Crippen molar-refractivity contribution in [3.63, 3.8) is 0 Å². The number of hydrogen-bond donors (Lipinski definition) is 1. The third-order valence-corrected chi connectivity index (χ3v) is 5.33. The van der Waals surface area contributed by atoms with Crippen molar-refractivity contribution in [2.24, 2.45) is 0 Å². The van der Waals surface area contributed by atoms with Crippen molar-refractivity contribution in [3.05, 3.63) is 102 Å². The number of ether oxygens (including phenoxy) is 1. The van der Waals surface area contributed by atoms with E-state index in [1.165, 1.54) is 22.0 Å². The van der Waals surface area contributed by atoms with Gasteiger partial charge in [-0.1, -0.05) is 66.7 Å². The topological polar surface area (TPSA) is 43.3 Å². The van der Waals surface area contributed by atoms with E-state index < -0.39 is 0 Å². The van der Waals surface area contributed by atoms with Crippen LogP contribution in [0.5, 0.6) is 5.75 Å². The minimum atomic E-state index is 0.00697. The molecule has 1 aromatic heterocycles. The van der Waals surface area contributed by atoms with Gasteiger partial charge >= 0.3 is 0 Å². The smallest absolute Gasteiger partial charge is 0.224 e. The molecule has 0 spiro atoms. The lowest BCUT2D eigenvalue weighted by Gasteiger charge is -2.08. The zero-order valence-corrected chi connectivity index (χ0v) is 17.2. The van der Waals surface area contributed by atoms with Gasteiger partial charge in [-0.2, -0.15) is 0 Å². The summed E-state index contributed by atoms with van der Waals surface area (Å²) in [6.07, 6.45) is 3.32. The molecule has 3 aromatic carbocycles. The highest BCUT2D eigenvalue weighted by molar-refractivity contribution is 5.84. The Labute approximate surface area is 177 Å². The average molecular weight is 399 g/mol. The SMILES string of the molecule is COc1ccccc1CC(=O)NCCc1cn(Cc2ccccc2)c2ccccc12. The van der Waals surface area contributed by atoms with Crippen LogP contribution in [0.4, 0.5) is 0 Å². The minimum Gasteiger partial charge on any atom is -0.496 e. The fraction of sp³-hybridized carbons (Fsp3) is 0.192. The third kappa shape index (κ3) is 4.54. The summed E-state index contributed by atoms with van der Waals surface area (Å²) in [5.74, 6) is 0.754. The van der Waals surface area contributed by atoms with Crippen LogP contribution < -0.4 is 10.1 Å². The molecule has 0 atom stereocenters. The van der Waals surface area contributed by atoms with Gasteiger partial charge in [-0.3, -0.25) is 4.79 Å². The Balaban J connectivity index is 1.42. The average Bonchev–Trinajstić information content (AvgIpc) is 3.12. The van der Waals surface area contributed by atoms with Crippen molar-refractivity contribution in [1.82, 2.24) is 9.88 Å². The Morgan fingerprint density at radius 3 is 2.47 bits per heavy atom. The fourth-order valence-corrected chi connectivity index (χ4v) is 3.85. The second kappa shape index (κ2) is 9.31. The molecule has 0 aliphatic rings. The van der Waals surface area contributed by atoms with E-state index in [-0.39, 0.29) is 5.91 Å². The van der Waals surface area contributed by atoms with Crippen molar-refractivity contribution < 1.29 is 9.53 Å². The molecule has 0 radical (unpaired) electrons. The third-order valence-electron chi connectivity index (χ3n) is 5.33. The molecule has 30 heavy (non-hydrogen) atoms. The first kappa shape index (κ1) is 19.8. The highest BCUT2D eigenvalue weighted by atomic mass is 16.5. The number of hydrogen-bond acceptors (Lipinski definition) is 2. The van der Waals surface area contributed by atoms with E-state index in [4.69, 9.17) is 4.74 Å². The summed E-state index contributed by atoms with van der Waals surface area (Å²) in [6.45, 7) is 1.44. The number of nitrogens with one attached hydrogen (secondary N) is 1. The lowest BCUT2D eigenvalue weighted by Crippen LogP contribution is -2.27. The zero-order chi connectivity index (χ0) is 20.8. The molecule has 4 aromatic rings. The number of para-hydroxylation sites is 2. The highest BCUT2D eigenvalue weighted by Crippen LogP contribution is 2.23. The molecular formula is C26H26N2O2. The van der Waals surface area contributed by atoms with Crippen LogP contribution in [-0.4, -0.2) is 24.1 Å². The number of fused-ring (bicyclic) bond motifs is 1. The minimum absolute atomic E-state index is 0.00697. The molecule has 0 bridgehead atoms. The molecule has 1 N–H and O–H groups in total. The van der Waals surface area contributed by atoms with Crippen molar-refractivity contribution in [3.8, 4) is 5.75 Å². The van der Waals surface area contributed by atoms with Crippen LogP contribution in [0.3, 0.4) is 0 Å². The van der Waals surface area contributed by atoms with Gasteiger partial charge in [-0.15, -0.1) is 0 Å². The number of amides is 1. The van der Waals surface area contributed by atoms with E-state index in [2.05, 4.69) is 64.6 Å². The van der Waals surface area contributed by atoms with E-state index >= 15 is 0 Å². The standard InChI is InChI=1S/C26H26N2O2/c1-30-25-14-8-5-11-21(25)17-26(29)27-16-15-22-19-28(18-20-9-3-2-4-10-20)24-13-7-6-12-23(22)24/h2-14,19H,15-18H2,1H3,(H,27,29). The number of methoxy groups -OCH3 is 1. The Morgan fingerprint density at radius 2 is 1.63 bits per heavy atom. The Morgan fingerprint density at radius 1 is 0.900 bits per heavy atom. The monoisotopic (exact) mass is 398 g/mol. The predicted octanol–water partition coefficient (Wildman–Crippen LogP) is 4.60. The summed E-state index contributed by atoms with van der Waals surface area (Å²) in [4.78, 5) is 12.4. The normalized spacial score (nSPS) is 10.8. The molecule has 1 amide bonds. The number of rotatable bonds is 8. The Hall–Kier alpha value is -3.53. The first-order chi connectivity index (χ1) is 14.7. The Kier molecular flexibility index (Phi) is 6.14. The second-order valence-electron chi connectivity index (χ2n) is 7.37. The molecule has 0 aliphatic heterocycles. The lowest BCUT2D eigenvalue weighted by atomic mass is 10.1. The molecule has 4 nitrogen and oxygen atoms in total. The lowest BCUT2D eigenvalue weighted by molar-refractivity contribution is -0.120. The summed E-state index contributed by atoms with van der Waals surface area (Å²) in [7, 11) is 1.63. The first-order valence-electron chi connectivity index (χ1n) is 10.2. The van der Waals surface area contributed by atoms with Gasteiger partial charge < -0.3 is 14.6 Å². The van der Waals surface area contributed by atoms with Gasteiger partial charge in [0.1, 0.15) is 5.75 Å². The van der Waals surface area contributed by atoms with Crippen molar-refractivity contribution in [2.45, 2.75) is 19.4 Å². The maximum absolute atomic E-state index is 12.4. The number of nitrogens with zero attached hydrogens (tertiary/aromatic N) is 1. The maximum Gasteiger partial charge on any atom is 0.224 e. The van der Waals surface area contributed by atoms with Crippen LogP contribution in [0.1, 0.15) is 16.7 Å². The summed E-state index contributed by atoms with van der Waals surface area (Å²) in [5, 5.41) is 4.29. The molecule has 0 saturated carbocycles. The van der Waals surface area contributed by atoms with Gasteiger partial charge in [0.25, 0.3) is 0 Å². The molecule has 152 valence electrons. The van der Waals surface area contributed by atoms with Gasteiger partial charge in [-0.05, 0) is 29.7 Å². The van der Waals surface area contributed by atoms with Crippen LogP contribution in [0, 0.1) is 0 Å². The molecule has 1 heterocycles. The van der Waals surface area contributed by atoms with Gasteiger partial charge in [0, 0.05) is 35.8 Å². The molecule has 4 rings (SSSR count). The van der Waals surface area contributed by atoms with Crippen LogP contribution >= 0.6 is 0 Å². The van der Waals surface area contributed by atoms with E-state index in [1.54, 1.807) is 7.11 Å². The predicted molar refractivity (Wildman–Crippen MR) is 121 cm³/mol. The number of aromatic nitrogens is 1. The molecule has 4 heteroatoms. The van der Waals surface area contributed by atoms with Crippen molar-refractivity contribution in [2.75, 3.05) is 13.7 Å². The summed E-state index contributed by atoms with van der Waals surface area (Å²) < 4.78 is 7.63. The van der Waals surface area contributed by atoms with E-state index in [0.29, 0.717) is 13.0 Å². The molecule has 0 unspecified atom stereocenters. The van der Waals surface area contributed by atoms with Crippen LogP contribution in [-0.2, 0) is 24.2 Å². The molecule has 0 fully saturated rings. The quantitative estimate of drug-likeness (QED) is 0.471. The van der Waals surface area contributed by atoms with Crippen LogP contribution in [0.2, 0.25) is 0 Å². The van der Waals surface area contributed by atoms with Crippen LogP contribution in [0.25, 0.3) is 10.9 Å². The number of carbonyl (C=O) groups excluding carboxylic acids is 1. The second-order valence-corrected chi connectivity index (χ2v) is 7.37. The van der Waals surface area contributed by atoms with E-state index in [1.807, 2.05) is 30.3 Å². The molecular weight excluding hydrogens is 372 g/mol. The Bertz CT molecular complexity index is 1130. The number of carbonyl (C=O) groups is 1. The zero-order valence-electron chi connectivity index (χ0n) is 17.2. The summed E-state index contributed by atoms with van der Waals surface area (Å²) in [6, 6.07) is 26.6. The van der Waals surface area contributed by atoms with Crippen LogP contribution in [0.15, 0.2) is 85.1 Å². The van der Waals surface area contributed by atoms with E-state index in [9.17, 15) is 4.79 Å². The summed E-state index contributed by atoms with van der Waals surface area (Å²) >= 11 is 0. The highest BCUT2D eigenvalue weighted by Gasteiger charge is 2.11. The van der Waals surface area contributed by atoms with Gasteiger partial charge in [0.2, 0.25) is 5.91 Å². The fourth-order valence-electron chi connectivity index (χ4n) is 3.85. The van der Waals surface area contributed by atoms with Crippen molar-refractivity contribution >= 4 is 16.8 Å². The molecule has 0 aliphatic carbocycles. The van der Waals surface area contributed by atoms with Gasteiger partial charge in [0.15, 0.2) is 0 Å². The molecule has 0 saturated heterocycles. The van der Waals surface area contributed by atoms with E-state index in [0.717, 1.165) is 24.3 Å².